The quantitative estimate of drug-likeness (QED) is 0.769. The monoisotopic (exact) mass is 359 g/mol. The Labute approximate surface area is 148 Å². The van der Waals surface area contributed by atoms with Gasteiger partial charge in [-0.05, 0) is 29.7 Å². The molecule has 0 radical (unpaired) electrons. The highest BCUT2D eigenvalue weighted by Crippen LogP contribution is 2.12. The largest absolute Gasteiger partial charge is 0.445 e. The Kier molecular flexibility index (Phi) is 6.77. The van der Waals surface area contributed by atoms with Crippen molar-refractivity contribution >= 4 is 22.0 Å². The molecule has 0 spiro atoms. The molecule has 2 rings (SSSR count). The minimum atomic E-state index is -3.21. The summed E-state index contributed by atoms with van der Waals surface area (Å²) < 4.78 is 28.1. The van der Waals surface area contributed by atoms with Crippen LogP contribution in [0.5, 0.6) is 0 Å². The smallest absolute Gasteiger partial charge is 0.407 e. The van der Waals surface area contributed by atoms with E-state index in [4.69, 9.17) is 4.74 Å². The molecule has 0 aromatic heterocycles. The van der Waals surface area contributed by atoms with Gasteiger partial charge in [0.15, 0.2) is 9.84 Å². The van der Waals surface area contributed by atoms with Crippen LogP contribution in [0.25, 0.3) is 6.08 Å². The van der Waals surface area contributed by atoms with Gasteiger partial charge in [-0.3, -0.25) is 0 Å². The average molecular weight is 359 g/mol. The van der Waals surface area contributed by atoms with Gasteiger partial charge in [-0.15, -0.1) is 0 Å². The van der Waals surface area contributed by atoms with Gasteiger partial charge in [-0.25, -0.2) is 13.2 Å². The predicted molar refractivity (Wildman–Crippen MR) is 97.8 cm³/mol. The normalized spacial score (nSPS) is 11.4. The fourth-order valence-corrected chi connectivity index (χ4v) is 2.78. The second-order valence-electron chi connectivity index (χ2n) is 5.52. The minimum Gasteiger partial charge on any atom is -0.445 e. The van der Waals surface area contributed by atoms with Crippen molar-refractivity contribution in [3.05, 3.63) is 71.8 Å². The maximum atomic E-state index is 11.6. The van der Waals surface area contributed by atoms with E-state index in [0.717, 1.165) is 11.1 Å². The highest BCUT2D eigenvalue weighted by atomic mass is 32.2. The van der Waals surface area contributed by atoms with Crippen molar-refractivity contribution in [2.75, 3.05) is 12.8 Å². The number of carbonyl (C=O) groups is 1. The number of sulfone groups is 1. The number of alkyl carbamates (subject to hydrolysis) is 1. The number of ether oxygens (including phenoxy) is 1. The maximum absolute atomic E-state index is 11.6. The third-order valence-electron chi connectivity index (χ3n) is 3.39. The summed E-state index contributed by atoms with van der Waals surface area (Å²) in [5.74, 6) is 0. The van der Waals surface area contributed by atoms with E-state index in [1.165, 1.54) is 6.26 Å². The van der Waals surface area contributed by atoms with Gasteiger partial charge in [-0.2, -0.15) is 0 Å². The van der Waals surface area contributed by atoms with E-state index in [1.54, 1.807) is 18.2 Å². The molecule has 0 bridgehead atoms. The molecule has 2 aromatic carbocycles. The van der Waals surface area contributed by atoms with Crippen LogP contribution in [0.2, 0.25) is 0 Å². The van der Waals surface area contributed by atoms with Crippen molar-refractivity contribution in [2.45, 2.75) is 17.9 Å². The second-order valence-corrected chi connectivity index (χ2v) is 7.54. The van der Waals surface area contributed by atoms with Crippen LogP contribution >= 0.6 is 0 Å². The number of hydrogen-bond donors (Lipinski definition) is 1. The fraction of sp³-hybridized carbons (Fsp3) is 0.211. The molecule has 0 aliphatic carbocycles. The van der Waals surface area contributed by atoms with E-state index in [-0.39, 0.29) is 11.5 Å². The van der Waals surface area contributed by atoms with Crippen LogP contribution < -0.4 is 5.32 Å². The number of carbonyl (C=O) groups excluding carboxylic acids is 1. The van der Waals surface area contributed by atoms with Crippen molar-refractivity contribution in [2.24, 2.45) is 0 Å². The molecule has 0 saturated carbocycles. The van der Waals surface area contributed by atoms with Crippen molar-refractivity contribution in [1.29, 1.82) is 0 Å². The molecule has 2 aromatic rings. The maximum Gasteiger partial charge on any atom is 0.407 e. The first-order valence-corrected chi connectivity index (χ1v) is 9.75. The minimum absolute atomic E-state index is 0.237. The lowest BCUT2D eigenvalue weighted by molar-refractivity contribution is 0.140. The van der Waals surface area contributed by atoms with E-state index in [1.807, 2.05) is 48.6 Å². The summed E-state index contributed by atoms with van der Waals surface area (Å²) in [6.07, 6.45) is 5.03. The summed E-state index contributed by atoms with van der Waals surface area (Å²) in [4.78, 5) is 11.9. The van der Waals surface area contributed by atoms with Gasteiger partial charge in [0.05, 0.1) is 4.90 Å². The SMILES string of the molecule is CS(=O)(=O)c1cccc(C=CCCNC(=O)OCc2ccccc2)c1. The Bertz CT molecular complexity index is 830. The second kappa shape index (κ2) is 9.03. The average Bonchev–Trinajstić information content (AvgIpc) is 2.60. The first kappa shape index (κ1) is 18.7. The van der Waals surface area contributed by atoms with Crippen LogP contribution in [0.3, 0.4) is 0 Å². The Morgan fingerprint density at radius 2 is 1.88 bits per heavy atom. The molecule has 0 aliphatic heterocycles. The molecule has 0 heterocycles. The molecule has 1 amide bonds. The summed E-state index contributed by atoms with van der Waals surface area (Å²) in [5, 5.41) is 2.67. The van der Waals surface area contributed by atoms with Gasteiger partial charge < -0.3 is 10.1 Å². The van der Waals surface area contributed by atoms with Gasteiger partial charge in [0.25, 0.3) is 0 Å². The number of rotatable bonds is 7. The van der Waals surface area contributed by atoms with Crippen molar-refractivity contribution in [1.82, 2.24) is 5.32 Å². The molecule has 0 saturated heterocycles. The summed E-state index contributed by atoms with van der Waals surface area (Å²) in [5.41, 5.74) is 1.73. The fourth-order valence-electron chi connectivity index (χ4n) is 2.10. The topological polar surface area (TPSA) is 72.5 Å². The highest BCUT2D eigenvalue weighted by Gasteiger charge is 2.06. The van der Waals surface area contributed by atoms with Crippen LogP contribution in [0.1, 0.15) is 17.5 Å². The molecule has 132 valence electrons. The number of amides is 1. The van der Waals surface area contributed by atoms with Crippen LogP contribution in [0.4, 0.5) is 4.79 Å². The van der Waals surface area contributed by atoms with Gasteiger partial charge in [0.2, 0.25) is 0 Å². The van der Waals surface area contributed by atoms with Crippen LogP contribution in [-0.4, -0.2) is 27.3 Å². The van der Waals surface area contributed by atoms with Crippen LogP contribution in [0, 0.1) is 0 Å². The zero-order chi connectivity index (χ0) is 18.1. The molecule has 5 nitrogen and oxygen atoms in total. The lowest BCUT2D eigenvalue weighted by Crippen LogP contribution is -2.24. The zero-order valence-corrected chi connectivity index (χ0v) is 14.8. The Hall–Kier alpha value is -2.60. The van der Waals surface area contributed by atoms with Gasteiger partial charge >= 0.3 is 6.09 Å². The summed E-state index contributed by atoms with van der Waals surface area (Å²) in [7, 11) is -3.21. The van der Waals surface area contributed by atoms with Crippen molar-refractivity contribution in [3.8, 4) is 0 Å². The van der Waals surface area contributed by atoms with Crippen molar-refractivity contribution < 1.29 is 17.9 Å². The number of benzene rings is 2. The van der Waals surface area contributed by atoms with Crippen molar-refractivity contribution in [3.63, 3.8) is 0 Å². The lowest BCUT2D eigenvalue weighted by Gasteiger charge is -2.06. The molecule has 1 N–H and O–H groups in total. The van der Waals surface area contributed by atoms with Gasteiger partial charge in [0.1, 0.15) is 6.61 Å². The molecule has 25 heavy (non-hydrogen) atoms. The Balaban J connectivity index is 1.72. The molecular formula is C19H21NO4S. The van der Waals surface area contributed by atoms with E-state index in [9.17, 15) is 13.2 Å². The van der Waals surface area contributed by atoms with Crippen LogP contribution in [-0.2, 0) is 21.2 Å². The third-order valence-corrected chi connectivity index (χ3v) is 4.50. The summed E-state index contributed by atoms with van der Waals surface area (Å²) in [6, 6.07) is 16.2. The summed E-state index contributed by atoms with van der Waals surface area (Å²) >= 11 is 0. The van der Waals surface area contributed by atoms with Gasteiger partial charge in [0, 0.05) is 12.8 Å². The Morgan fingerprint density at radius 1 is 1.12 bits per heavy atom. The Morgan fingerprint density at radius 3 is 2.60 bits per heavy atom. The molecule has 0 atom stereocenters. The van der Waals surface area contributed by atoms with E-state index >= 15 is 0 Å². The molecule has 0 fully saturated rings. The van der Waals surface area contributed by atoms with E-state index in [2.05, 4.69) is 5.32 Å². The highest BCUT2D eigenvalue weighted by molar-refractivity contribution is 7.90. The molecule has 0 aliphatic rings. The predicted octanol–water partition coefficient (Wildman–Crippen LogP) is 3.42. The van der Waals surface area contributed by atoms with E-state index in [0.29, 0.717) is 13.0 Å². The first-order chi connectivity index (χ1) is 11.9. The summed E-state index contributed by atoms with van der Waals surface area (Å²) in [6.45, 7) is 0.677. The zero-order valence-electron chi connectivity index (χ0n) is 14.0. The number of hydrogen-bond acceptors (Lipinski definition) is 4. The molecule has 0 unspecified atom stereocenters. The molecular weight excluding hydrogens is 338 g/mol. The molecule has 6 heteroatoms. The van der Waals surface area contributed by atoms with E-state index < -0.39 is 15.9 Å². The van der Waals surface area contributed by atoms with Gasteiger partial charge in [-0.1, -0.05) is 54.6 Å². The lowest BCUT2D eigenvalue weighted by atomic mass is 10.2. The number of nitrogens with one attached hydrogen (secondary N) is 1. The standard InChI is InChI=1S/C19H21NO4S/c1-25(22,23)18-12-7-11-16(14-18)8-5-6-13-20-19(21)24-15-17-9-3-2-4-10-17/h2-5,7-12,14H,6,13,15H2,1H3,(H,20,21). The van der Waals surface area contributed by atoms with Crippen LogP contribution in [0.15, 0.2) is 65.6 Å². The third kappa shape index (κ3) is 6.81. The first-order valence-electron chi connectivity index (χ1n) is 7.86.